The minimum Gasteiger partial charge on any atom is -0.319 e. The van der Waals surface area contributed by atoms with Gasteiger partial charge in [0.15, 0.2) is 5.69 Å². The molecule has 0 aliphatic rings. The Morgan fingerprint density at radius 3 is 2.78 bits per heavy atom. The number of amides is 1. The summed E-state index contributed by atoms with van der Waals surface area (Å²) in [6.07, 6.45) is 4.62. The van der Waals surface area contributed by atoms with Crippen molar-refractivity contribution in [2.75, 3.05) is 5.32 Å². The summed E-state index contributed by atoms with van der Waals surface area (Å²) in [4.78, 5) is 16.6. The molecule has 0 unspecified atom stereocenters. The first-order valence-electron chi connectivity index (χ1n) is 8.09. The second-order valence-electron chi connectivity index (χ2n) is 5.74. The molecule has 2 aromatic heterocycles. The van der Waals surface area contributed by atoms with Gasteiger partial charge in [-0.1, -0.05) is 51.5 Å². The minimum atomic E-state index is -0.353. The van der Waals surface area contributed by atoms with E-state index in [9.17, 15) is 4.79 Å². The lowest BCUT2D eigenvalue weighted by atomic mass is 10.2. The van der Waals surface area contributed by atoms with E-state index in [-0.39, 0.29) is 11.6 Å². The van der Waals surface area contributed by atoms with E-state index in [0.717, 1.165) is 10.0 Å². The maximum Gasteiger partial charge on any atom is 0.277 e. The molecule has 4 rings (SSSR count). The third kappa shape index (κ3) is 3.93. The second-order valence-corrected chi connectivity index (χ2v) is 6.66. The number of carbonyl (C=O) groups excluding carboxylic acids is 1. The van der Waals surface area contributed by atoms with Gasteiger partial charge in [-0.3, -0.25) is 4.79 Å². The Morgan fingerprint density at radius 1 is 1.15 bits per heavy atom. The molecule has 0 fully saturated rings. The van der Waals surface area contributed by atoms with Gasteiger partial charge in [-0.2, -0.15) is 5.10 Å². The zero-order valence-corrected chi connectivity index (χ0v) is 15.6. The molecule has 0 atom stereocenters. The van der Waals surface area contributed by atoms with Crippen molar-refractivity contribution in [1.82, 2.24) is 29.8 Å². The Morgan fingerprint density at radius 2 is 2.00 bits per heavy atom. The van der Waals surface area contributed by atoms with Gasteiger partial charge >= 0.3 is 0 Å². The highest BCUT2D eigenvalue weighted by molar-refractivity contribution is 9.10. The van der Waals surface area contributed by atoms with E-state index in [2.05, 4.69) is 41.6 Å². The van der Waals surface area contributed by atoms with Crippen LogP contribution in [0.25, 0.3) is 5.69 Å². The highest BCUT2D eigenvalue weighted by atomic mass is 79.9. The van der Waals surface area contributed by atoms with Gasteiger partial charge < -0.3 is 5.32 Å². The molecule has 1 amide bonds. The Balaban J connectivity index is 1.54. The van der Waals surface area contributed by atoms with Crippen molar-refractivity contribution in [2.45, 2.75) is 6.54 Å². The second kappa shape index (κ2) is 7.50. The van der Waals surface area contributed by atoms with Gasteiger partial charge in [0.1, 0.15) is 12.7 Å². The molecule has 0 saturated heterocycles. The molecule has 0 radical (unpaired) electrons. The van der Waals surface area contributed by atoms with Crippen LogP contribution in [0, 0.1) is 0 Å². The summed E-state index contributed by atoms with van der Waals surface area (Å²) in [5, 5.41) is 15.0. The number of anilines is 1. The molecule has 0 saturated carbocycles. The molecule has 2 heterocycles. The first-order chi connectivity index (χ1) is 13.2. The predicted molar refractivity (Wildman–Crippen MR) is 103 cm³/mol. The van der Waals surface area contributed by atoms with Crippen LogP contribution < -0.4 is 5.32 Å². The molecule has 0 spiro atoms. The van der Waals surface area contributed by atoms with Crippen LogP contribution in [0.3, 0.4) is 0 Å². The molecule has 2 aromatic carbocycles. The first-order valence-corrected chi connectivity index (χ1v) is 8.88. The molecule has 4 aromatic rings. The van der Waals surface area contributed by atoms with Crippen molar-refractivity contribution in [1.29, 1.82) is 0 Å². The molecule has 134 valence electrons. The van der Waals surface area contributed by atoms with Crippen LogP contribution in [0.2, 0.25) is 0 Å². The third-order valence-electron chi connectivity index (χ3n) is 3.83. The Kier molecular flexibility index (Phi) is 4.75. The summed E-state index contributed by atoms with van der Waals surface area (Å²) >= 11 is 3.42. The predicted octanol–water partition coefficient (Wildman–Crippen LogP) is 2.92. The van der Waals surface area contributed by atoms with E-state index in [1.54, 1.807) is 28.0 Å². The van der Waals surface area contributed by atoms with Crippen molar-refractivity contribution in [2.24, 2.45) is 0 Å². The van der Waals surface area contributed by atoms with Crippen LogP contribution in [-0.2, 0) is 6.54 Å². The highest BCUT2D eigenvalue weighted by Crippen LogP contribution is 2.24. The molecule has 8 nitrogen and oxygen atoms in total. The molecular formula is C18H14BrN7O. The number of aromatic nitrogens is 6. The zero-order valence-electron chi connectivity index (χ0n) is 14.0. The van der Waals surface area contributed by atoms with Crippen molar-refractivity contribution in [3.63, 3.8) is 0 Å². The summed E-state index contributed by atoms with van der Waals surface area (Å²) in [7, 11) is 0. The van der Waals surface area contributed by atoms with Crippen LogP contribution in [0.4, 0.5) is 5.69 Å². The van der Waals surface area contributed by atoms with Crippen LogP contribution in [0.1, 0.15) is 16.1 Å². The van der Waals surface area contributed by atoms with Crippen LogP contribution in [0.15, 0.2) is 71.9 Å². The molecular weight excluding hydrogens is 410 g/mol. The van der Waals surface area contributed by atoms with E-state index in [0.29, 0.717) is 17.9 Å². The minimum absolute atomic E-state index is 0.232. The van der Waals surface area contributed by atoms with Gasteiger partial charge in [-0.25, -0.2) is 14.3 Å². The fourth-order valence-electron chi connectivity index (χ4n) is 2.58. The summed E-state index contributed by atoms with van der Waals surface area (Å²) in [6, 6.07) is 15.3. The lowest BCUT2D eigenvalue weighted by molar-refractivity contribution is 0.102. The fraction of sp³-hybridized carbons (Fsp3) is 0.0556. The number of rotatable bonds is 5. The van der Waals surface area contributed by atoms with Gasteiger partial charge in [-0.15, -0.1) is 5.10 Å². The van der Waals surface area contributed by atoms with E-state index < -0.39 is 0 Å². The summed E-state index contributed by atoms with van der Waals surface area (Å²) in [5.74, 6) is -0.353. The smallest absolute Gasteiger partial charge is 0.277 e. The first kappa shape index (κ1) is 17.1. The normalized spacial score (nSPS) is 10.7. The number of nitrogens with one attached hydrogen (secondary N) is 1. The van der Waals surface area contributed by atoms with E-state index in [4.69, 9.17) is 0 Å². The SMILES string of the molecule is O=C(Nc1cc(Br)ccc1-n1cncn1)c1cn(Cc2ccccc2)nn1. The Hall–Kier alpha value is -3.33. The average Bonchev–Trinajstić information content (AvgIpc) is 3.35. The molecule has 0 aliphatic heterocycles. The number of hydrogen-bond acceptors (Lipinski definition) is 5. The molecule has 1 N–H and O–H groups in total. The number of halogens is 1. The van der Waals surface area contributed by atoms with Crippen LogP contribution >= 0.6 is 15.9 Å². The standard InChI is InChI=1S/C18H14BrN7O/c19-14-6-7-17(26-12-20-11-21-26)15(8-14)22-18(27)16-10-25(24-23-16)9-13-4-2-1-3-5-13/h1-8,10-12H,9H2,(H,22,27). The summed E-state index contributed by atoms with van der Waals surface area (Å²) in [6.45, 7) is 0.544. The number of hydrogen-bond donors (Lipinski definition) is 1. The highest BCUT2D eigenvalue weighted by Gasteiger charge is 2.15. The topological polar surface area (TPSA) is 90.5 Å². The molecule has 0 aliphatic carbocycles. The number of nitrogens with zero attached hydrogens (tertiary/aromatic N) is 6. The van der Waals surface area contributed by atoms with Gasteiger partial charge in [0.25, 0.3) is 5.91 Å². The van der Waals surface area contributed by atoms with Crippen molar-refractivity contribution >= 4 is 27.5 Å². The van der Waals surface area contributed by atoms with Gasteiger partial charge in [0.05, 0.1) is 24.1 Å². The lowest BCUT2D eigenvalue weighted by Gasteiger charge is -2.10. The largest absolute Gasteiger partial charge is 0.319 e. The summed E-state index contributed by atoms with van der Waals surface area (Å²) in [5.41, 5.74) is 2.59. The van der Waals surface area contributed by atoms with E-state index in [1.165, 1.54) is 6.33 Å². The van der Waals surface area contributed by atoms with Crippen LogP contribution in [0.5, 0.6) is 0 Å². The molecule has 27 heavy (non-hydrogen) atoms. The average molecular weight is 424 g/mol. The van der Waals surface area contributed by atoms with Crippen molar-refractivity contribution in [3.8, 4) is 5.69 Å². The van der Waals surface area contributed by atoms with Gasteiger partial charge in [0, 0.05) is 4.47 Å². The zero-order chi connectivity index (χ0) is 18.6. The van der Waals surface area contributed by atoms with Crippen molar-refractivity contribution in [3.05, 3.63) is 83.1 Å². The fourth-order valence-corrected chi connectivity index (χ4v) is 2.94. The van der Waals surface area contributed by atoms with Gasteiger partial charge in [-0.05, 0) is 23.8 Å². The number of benzene rings is 2. The third-order valence-corrected chi connectivity index (χ3v) is 4.32. The summed E-state index contributed by atoms with van der Waals surface area (Å²) < 4.78 is 4.03. The number of carbonyl (C=O) groups is 1. The lowest BCUT2D eigenvalue weighted by Crippen LogP contribution is -2.14. The maximum atomic E-state index is 12.6. The maximum absolute atomic E-state index is 12.6. The Labute approximate surface area is 163 Å². The Bertz CT molecular complexity index is 1060. The monoisotopic (exact) mass is 423 g/mol. The molecule has 9 heteroatoms. The van der Waals surface area contributed by atoms with Crippen molar-refractivity contribution < 1.29 is 4.79 Å². The van der Waals surface area contributed by atoms with Crippen LogP contribution in [-0.4, -0.2) is 35.7 Å². The van der Waals surface area contributed by atoms with E-state index in [1.807, 2.05) is 42.5 Å². The van der Waals surface area contributed by atoms with Gasteiger partial charge in [0.2, 0.25) is 0 Å². The quantitative estimate of drug-likeness (QED) is 0.532. The van der Waals surface area contributed by atoms with E-state index >= 15 is 0 Å². The molecule has 0 bridgehead atoms.